The van der Waals surface area contributed by atoms with E-state index in [1.54, 1.807) is 11.6 Å². The molecular formula is C16H19NO2S. The van der Waals surface area contributed by atoms with Crippen LogP contribution >= 0.6 is 12.6 Å². The summed E-state index contributed by atoms with van der Waals surface area (Å²) in [6, 6.07) is 11.5. The van der Waals surface area contributed by atoms with E-state index in [0.29, 0.717) is 11.3 Å². The number of aromatic nitrogens is 1. The van der Waals surface area contributed by atoms with Crippen molar-refractivity contribution in [1.29, 1.82) is 0 Å². The molecule has 1 aromatic heterocycles. The normalized spacial score (nSPS) is 10.8. The molecule has 20 heavy (non-hydrogen) atoms. The number of rotatable bonds is 4. The predicted octanol–water partition coefficient (Wildman–Crippen LogP) is 3.27. The topological polar surface area (TPSA) is 31.2 Å². The van der Waals surface area contributed by atoms with Gasteiger partial charge in [0.15, 0.2) is 0 Å². The largest absolute Gasteiger partial charge is 0.490 e. The summed E-state index contributed by atoms with van der Waals surface area (Å²) in [5.41, 5.74) is 2.45. The van der Waals surface area contributed by atoms with Crippen molar-refractivity contribution in [2.75, 3.05) is 0 Å². The molecule has 0 radical (unpaired) electrons. The second-order valence-electron chi connectivity index (χ2n) is 4.93. The molecule has 3 nitrogen and oxygen atoms in total. The standard InChI is InChI=1S/C16H19NO2S/c1-11(2)19-15-7-5-4-6-13(15)14-9-8-12(10-20)16(18)17(14)3/h4-9,11,20H,10H2,1-3H3. The van der Waals surface area contributed by atoms with E-state index < -0.39 is 0 Å². The Morgan fingerprint density at radius 3 is 2.55 bits per heavy atom. The van der Waals surface area contributed by atoms with E-state index in [1.165, 1.54) is 0 Å². The second-order valence-corrected chi connectivity index (χ2v) is 5.25. The fourth-order valence-electron chi connectivity index (χ4n) is 2.11. The monoisotopic (exact) mass is 289 g/mol. The molecule has 0 saturated carbocycles. The van der Waals surface area contributed by atoms with E-state index >= 15 is 0 Å². The molecule has 4 heteroatoms. The Balaban J connectivity index is 2.58. The van der Waals surface area contributed by atoms with Crippen LogP contribution in [0, 0.1) is 0 Å². The third-order valence-electron chi connectivity index (χ3n) is 3.08. The van der Waals surface area contributed by atoms with E-state index in [2.05, 4.69) is 12.6 Å². The maximum absolute atomic E-state index is 12.2. The van der Waals surface area contributed by atoms with Crippen molar-refractivity contribution in [1.82, 2.24) is 4.57 Å². The van der Waals surface area contributed by atoms with Gasteiger partial charge >= 0.3 is 0 Å². The van der Waals surface area contributed by atoms with Gasteiger partial charge in [-0.15, -0.1) is 0 Å². The summed E-state index contributed by atoms with van der Waals surface area (Å²) in [6.07, 6.45) is 0.0879. The zero-order valence-electron chi connectivity index (χ0n) is 12.0. The molecule has 0 bridgehead atoms. The first-order valence-electron chi connectivity index (χ1n) is 6.60. The SMILES string of the molecule is CC(C)Oc1ccccc1-c1ccc(CS)c(=O)n1C. The Hall–Kier alpha value is -1.68. The van der Waals surface area contributed by atoms with Crippen LogP contribution in [0.1, 0.15) is 19.4 Å². The average Bonchev–Trinajstić information content (AvgIpc) is 2.42. The molecule has 0 fully saturated rings. The third-order valence-corrected chi connectivity index (χ3v) is 3.42. The van der Waals surface area contributed by atoms with Crippen LogP contribution in [0.3, 0.4) is 0 Å². The van der Waals surface area contributed by atoms with Gasteiger partial charge in [-0.2, -0.15) is 12.6 Å². The van der Waals surface area contributed by atoms with Gasteiger partial charge in [-0.1, -0.05) is 18.2 Å². The fraction of sp³-hybridized carbons (Fsp3) is 0.312. The number of para-hydroxylation sites is 1. The van der Waals surface area contributed by atoms with Crippen LogP contribution in [-0.4, -0.2) is 10.7 Å². The molecule has 0 amide bonds. The molecule has 2 aromatic rings. The molecule has 2 rings (SSSR count). The molecule has 106 valence electrons. The summed E-state index contributed by atoms with van der Waals surface area (Å²) >= 11 is 4.18. The van der Waals surface area contributed by atoms with Gasteiger partial charge in [0.1, 0.15) is 5.75 Å². The number of pyridine rings is 1. The molecule has 0 aliphatic heterocycles. The van der Waals surface area contributed by atoms with Crippen LogP contribution < -0.4 is 10.3 Å². The summed E-state index contributed by atoms with van der Waals surface area (Å²) in [5, 5.41) is 0. The lowest BCUT2D eigenvalue weighted by Gasteiger charge is -2.16. The Kier molecular flexibility index (Phi) is 4.55. The summed E-state index contributed by atoms with van der Waals surface area (Å²) in [6.45, 7) is 3.97. The minimum atomic E-state index is -0.0168. The van der Waals surface area contributed by atoms with E-state index in [0.717, 1.165) is 17.0 Å². The van der Waals surface area contributed by atoms with Crippen LogP contribution in [0.15, 0.2) is 41.2 Å². The maximum atomic E-state index is 12.2. The van der Waals surface area contributed by atoms with Crippen molar-refractivity contribution >= 4 is 12.6 Å². The maximum Gasteiger partial charge on any atom is 0.254 e. The van der Waals surface area contributed by atoms with Gasteiger partial charge in [-0.25, -0.2) is 0 Å². The molecule has 0 atom stereocenters. The second kappa shape index (κ2) is 6.18. The van der Waals surface area contributed by atoms with Crippen LogP contribution in [0.5, 0.6) is 5.75 Å². The first-order chi connectivity index (χ1) is 9.54. The van der Waals surface area contributed by atoms with Crippen molar-refractivity contribution in [2.45, 2.75) is 25.7 Å². The molecule has 0 saturated heterocycles. The van der Waals surface area contributed by atoms with Crippen LogP contribution in [0.25, 0.3) is 11.3 Å². The average molecular weight is 289 g/mol. The lowest BCUT2D eigenvalue weighted by Crippen LogP contribution is -2.21. The highest BCUT2D eigenvalue weighted by molar-refractivity contribution is 7.79. The highest BCUT2D eigenvalue weighted by Gasteiger charge is 2.12. The van der Waals surface area contributed by atoms with Crippen molar-refractivity contribution < 1.29 is 4.74 Å². The van der Waals surface area contributed by atoms with Gasteiger partial charge in [0.2, 0.25) is 0 Å². The molecule has 0 spiro atoms. The van der Waals surface area contributed by atoms with Crippen molar-refractivity contribution in [3.05, 3.63) is 52.3 Å². The van der Waals surface area contributed by atoms with E-state index in [-0.39, 0.29) is 11.7 Å². The van der Waals surface area contributed by atoms with E-state index in [1.807, 2.05) is 50.2 Å². The predicted molar refractivity (Wildman–Crippen MR) is 85.6 cm³/mol. The van der Waals surface area contributed by atoms with Crippen LogP contribution in [-0.2, 0) is 12.8 Å². The number of nitrogens with zero attached hydrogens (tertiary/aromatic N) is 1. The molecule has 1 heterocycles. The highest BCUT2D eigenvalue weighted by atomic mass is 32.1. The van der Waals surface area contributed by atoms with Gasteiger partial charge in [0, 0.05) is 23.9 Å². The smallest absolute Gasteiger partial charge is 0.254 e. The quantitative estimate of drug-likeness (QED) is 0.876. The molecule has 1 aromatic carbocycles. The van der Waals surface area contributed by atoms with E-state index in [9.17, 15) is 4.79 Å². The number of thiol groups is 1. The Morgan fingerprint density at radius 1 is 1.20 bits per heavy atom. The van der Waals surface area contributed by atoms with E-state index in [4.69, 9.17) is 4.74 Å². The molecule has 0 N–H and O–H groups in total. The lowest BCUT2D eigenvalue weighted by atomic mass is 10.1. The molecule has 0 aliphatic rings. The zero-order valence-corrected chi connectivity index (χ0v) is 12.9. The van der Waals surface area contributed by atoms with Crippen molar-refractivity contribution in [2.24, 2.45) is 7.05 Å². The highest BCUT2D eigenvalue weighted by Crippen LogP contribution is 2.29. The first-order valence-corrected chi connectivity index (χ1v) is 7.23. The number of hydrogen-bond donors (Lipinski definition) is 1. The molecule has 0 aliphatic carbocycles. The third kappa shape index (κ3) is 2.90. The minimum Gasteiger partial charge on any atom is -0.490 e. The number of ether oxygens (including phenoxy) is 1. The number of benzene rings is 1. The van der Waals surface area contributed by atoms with Crippen molar-refractivity contribution in [3.63, 3.8) is 0 Å². The Labute approximate surface area is 124 Å². The summed E-state index contributed by atoms with van der Waals surface area (Å²) < 4.78 is 7.47. The lowest BCUT2D eigenvalue weighted by molar-refractivity contribution is 0.243. The molecular weight excluding hydrogens is 270 g/mol. The minimum absolute atomic E-state index is 0.0168. The fourth-order valence-corrected chi connectivity index (χ4v) is 2.35. The van der Waals surface area contributed by atoms with Crippen LogP contribution in [0.4, 0.5) is 0 Å². The van der Waals surface area contributed by atoms with Gasteiger partial charge in [-0.3, -0.25) is 4.79 Å². The van der Waals surface area contributed by atoms with Gasteiger partial charge < -0.3 is 9.30 Å². The molecule has 0 unspecified atom stereocenters. The van der Waals surface area contributed by atoms with Crippen LogP contribution in [0.2, 0.25) is 0 Å². The zero-order chi connectivity index (χ0) is 14.7. The van der Waals surface area contributed by atoms with Gasteiger partial charge in [0.25, 0.3) is 5.56 Å². The Bertz CT molecular complexity index is 662. The van der Waals surface area contributed by atoms with Gasteiger partial charge in [0.05, 0.1) is 11.8 Å². The van der Waals surface area contributed by atoms with Gasteiger partial charge in [-0.05, 0) is 32.0 Å². The Morgan fingerprint density at radius 2 is 1.90 bits per heavy atom. The first kappa shape index (κ1) is 14.7. The summed E-state index contributed by atoms with van der Waals surface area (Å²) in [4.78, 5) is 12.2. The van der Waals surface area contributed by atoms with Crippen molar-refractivity contribution in [3.8, 4) is 17.0 Å². The summed E-state index contributed by atoms with van der Waals surface area (Å²) in [7, 11) is 1.77. The number of hydrogen-bond acceptors (Lipinski definition) is 3. The summed E-state index contributed by atoms with van der Waals surface area (Å²) in [5.74, 6) is 1.23.